The molecule has 8 nitrogen and oxygen atoms in total. The van der Waals surface area contributed by atoms with Crippen molar-refractivity contribution in [3.63, 3.8) is 0 Å². The highest BCUT2D eigenvalue weighted by molar-refractivity contribution is 6.04. The van der Waals surface area contributed by atoms with Gasteiger partial charge in [-0.15, -0.1) is 0 Å². The highest BCUT2D eigenvalue weighted by Gasteiger charge is 2.52. The van der Waals surface area contributed by atoms with Crippen LogP contribution in [0.1, 0.15) is 37.8 Å². The van der Waals surface area contributed by atoms with E-state index in [0.29, 0.717) is 36.0 Å². The Morgan fingerprint density at radius 3 is 2.44 bits per heavy atom. The number of rotatable bonds is 6. The van der Waals surface area contributed by atoms with Gasteiger partial charge in [-0.2, -0.15) is 4.98 Å². The zero-order valence-electron chi connectivity index (χ0n) is 19.1. The highest BCUT2D eigenvalue weighted by atomic mass is 19.2. The number of likely N-dealkylation sites (N-methyl/N-ethyl adjacent to an activating group) is 1. The van der Waals surface area contributed by atoms with Gasteiger partial charge in [0.2, 0.25) is 11.9 Å². The van der Waals surface area contributed by atoms with E-state index in [1.54, 1.807) is 14.0 Å². The van der Waals surface area contributed by atoms with Gasteiger partial charge in [0.1, 0.15) is 23.6 Å². The molecule has 1 atom stereocenters. The van der Waals surface area contributed by atoms with E-state index in [2.05, 4.69) is 20.6 Å². The number of hydrogen-bond acceptors (Lipinski definition) is 7. The third kappa shape index (κ3) is 3.71. The molecular formula is C23H26F3N5O3. The highest BCUT2D eigenvalue weighted by Crippen LogP contribution is 2.44. The molecule has 1 aliphatic heterocycles. The lowest BCUT2D eigenvalue weighted by Gasteiger charge is -2.50. The van der Waals surface area contributed by atoms with Crippen molar-refractivity contribution in [3.8, 4) is 5.75 Å². The summed E-state index contributed by atoms with van der Waals surface area (Å²) < 4.78 is 51.2. The Morgan fingerprint density at radius 2 is 1.85 bits per heavy atom. The minimum Gasteiger partial charge on any atom is -0.490 e. The minimum absolute atomic E-state index is 0.00572. The van der Waals surface area contributed by atoms with Gasteiger partial charge in [0.25, 0.3) is 0 Å². The van der Waals surface area contributed by atoms with Crippen LogP contribution in [-0.4, -0.2) is 53.8 Å². The lowest BCUT2D eigenvalue weighted by molar-refractivity contribution is -0.135. The Labute approximate surface area is 194 Å². The Morgan fingerprint density at radius 1 is 1.18 bits per heavy atom. The van der Waals surface area contributed by atoms with Gasteiger partial charge in [-0.25, -0.2) is 18.2 Å². The van der Waals surface area contributed by atoms with Crippen molar-refractivity contribution in [2.45, 2.75) is 62.8 Å². The van der Waals surface area contributed by atoms with E-state index in [-0.39, 0.29) is 23.8 Å². The van der Waals surface area contributed by atoms with Crippen molar-refractivity contribution >= 4 is 23.4 Å². The van der Waals surface area contributed by atoms with Crippen LogP contribution in [0.3, 0.4) is 0 Å². The third-order valence-electron chi connectivity index (χ3n) is 7.08. The number of nitrogens with zero attached hydrogens (tertiary/aromatic N) is 3. The van der Waals surface area contributed by atoms with E-state index in [4.69, 9.17) is 9.47 Å². The SMILES string of the molecule is COC1([C@H]2C(=O)Nc3c(C)nc(N[C@H]4C[C@H](Oc5cc(F)c(F)c(F)c5)C4)nc3N2C)CCC1. The maximum absolute atomic E-state index is 13.4. The molecule has 11 heteroatoms. The lowest BCUT2D eigenvalue weighted by Crippen LogP contribution is -2.64. The first-order valence-electron chi connectivity index (χ1n) is 11.3. The minimum atomic E-state index is -1.52. The van der Waals surface area contributed by atoms with Crippen LogP contribution in [0, 0.1) is 24.4 Å². The molecule has 0 unspecified atom stereocenters. The number of hydrogen-bond donors (Lipinski definition) is 2. The maximum Gasteiger partial charge on any atom is 0.250 e. The van der Waals surface area contributed by atoms with Gasteiger partial charge in [0.15, 0.2) is 23.3 Å². The molecule has 2 heterocycles. The Bertz CT molecular complexity index is 1110. The molecule has 2 aliphatic carbocycles. The Kier molecular flexibility index (Phi) is 5.54. The molecule has 1 aromatic carbocycles. The zero-order valence-corrected chi connectivity index (χ0v) is 19.1. The Hall–Kier alpha value is -3.08. The summed E-state index contributed by atoms with van der Waals surface area (Å²) >= 11 is 0. The van der Waals surface area contributed by atoms with Crippen LogP contribution >= 0.6 is 0 Å². The second-order valence-electron chi connectivity index (χ2n) is 9.21. The first-order valence-corrected chi connectivity index (χ1v) is 11.3. The molecule has 1 aromatic heterocycles. The van der Waals surface area contributed by atoms with E-state index >= 15 is 0 Å². The van der Waals surface area contributed by atoms with Gasteiger partial charge in [-0.05, 0) is 26.2 Å². The van der Waals surface area contributed by atoms with E-state index in [1.807, 2.05) is 11.9 Å². The maximum atomic E-state index is 13.4. The van der Waals surface area contributed by atoms with E-state index in [1.165, 1.54) is 0 Å². The monoisotopic (exact) mass is 477 g/mol. The molecule has 2 N–H and O–H groups in total. The van der Waals surface area contributed by atoms with Crippen molar-refractivity contribution in [2.24, 2.45) is 0 Å². The molecule has 2 aromatic rings. The third-order valence-corrected chi connectivity index (χ3v) is 7.08. The Balaban J connectivity index is 1.27. The van der Waals surface area contributed by atoms with Crippen molar-refractivity contribution < 1.29 is 27.4 Å². The molecule has 0 spiro atoms. The number of fused-ring (bicyclic) bond motifs is 1. The van der Waals surface area contributed by atoms with Crippen LogP contribution in [0.4, 0.5) is 30.6 Å². The molecule has 1 amide bonds. The van der Waals surface area contributed by atoms with Gasteiger partial charge in [-0.3, -0.25) is 4.79 Å². The molecule has 2 saturated carbocycles. The summed E-state index contributed by atoms with van der Waals surface area (Å²) in [6.45, 7) is 1.81. The van der Waals surface area contributed by atoms with Gasteiger partial charge >= 0.3 is 0 Å². The molecule has 0 bridgehead atoms. The average Bonchev–Trinajstić information content (AvgIpc) is 2.73. The van der Waals surface area contributed by atoms with E-state index < -0.39 is 29.1 Å². The molecule has 34 heavy (non-hydrogen) atoms. The van der Waals surface area contributed by atoms with Gasteiger partial charge in [0, 0.05) is 45.2 Å². The molecule has 5 rings (SSSR count). The number of benzene rings is 1. The molecule has 2 fully saturated rings. The number of anilines is 3. The lowest BCUT2D eigenvalue weighted by atomic mass is 9.73. The summed E-state index contributed by atoms with van der Waals surface area (Å²) in [5.74, 6) is -3.23. The van der Waals surface area contributed by atoms with Crippen molar-refractivity contribution in [1.29, 1.82) is 0 Å². The summed E-state index contributed by atoms with van der Waals surface area (Å²) in [5.41, 5.74) is 0.687. The molecule has 0 saturated heterocycles. The number of halogens is 3. The summed E-state index contributed by atoms with van der Waals surface area (Å²) in [6, 6.07) is 1.18. The number of methoxy groups -OCH3 is 1. The van der Waals surface area contributed by atoms with Gasteiger partial charge in [-0.1, -0.05) is 0 Å². The number of carbonyl (C=O) groups excluding carboxylic acids is 1. The molecule has 3 aliphatic rings. The largest absolute Gasteiger partial charge is 0.490 e. The number of carbonyl (C=O) groups is 1. The van der Waals surface area contributed by atoms with Crippen LogP contribution in [-0.2, 0) is 9.53 Å². The van der Waals surface area contributed by atoms with Gasteiger partial charge in [0.05, 0.1) is 11.3 Å². The number of aryl methyl sites for hydroxylation is 1. The zero-order chi connectivity index (χ0) is 24.2. The van der Waals surface area contributed by atoms with Crippen LogP contribution < -0.4 is 20.3 Å². The fraction of sp³-hybridized carbons (Fsp3) is 0.522. The standard InChI is InChI=1S/C23H26F3N5O3/c1-11-18-20(31(2)19(21(32)29-18)23(33-3)5-4-6-23)30-22(27-11)28-12-7-13(8-12)34-14-9-15(24)17(26)16(25)10-14/h9-10,12-13,19H,4-8H2,1-3H3,(H,29,32)(H,27,28,30)/t12-,13-,19-/m1/s1. The fourth-order valence-corrected chi connectivity index (χ4v) is 4.97. The van der Waals surface area contributed by atoms with Crippen LogP contribution in [0.2, 0.25) is 0 Å². The van der Waals surface area contributed by atoms with E-state index in [9.17, 15) is 18.0 Å². The van der Waals surface area contributed by atoms with Crippen LogP contribution in [0.15, 0.2) is 12.1 Å². The first kappa shape index (κ1) is 22.7. The number of aromatic nitrogens is 2. The second kappa shape index (κ2) is 8.30. The van der Waals surface area contributed by atoms with Gasteiger partial charge < -0.3 is 25.0 Å². The quantitative estimate of drug-likeness (QED) is 0.615. The summed E-state index contributed by atoms with van der Waals surface area (Å²) in [7, 11) is 3.48. The van der Waals surface area contributed by atoms with Crippen LogP contribution in [0.25, 0.3) is 0 Å². The summed E-state index contributed by atoms with van der Waals surface area (Å²) in [5, 5.41) is 6.21. The molecular weight excluding hydrogens is 451 g/mol. The fourth-order valence-electron chi connectivity index (χ4n) is 4.97. The number of amides is 1. The summed E-state index contributed by atoms with van der Waals surface area (Å²) in [6.07, 6.45) is 3.47. The average molecular weight is 477 g/mol. The normalized spacial score (nSPS) is 25.1. The smallest absolute Gasteiger partial charge is 0.250 e. The predicted octanol–water partition coefficient (Wildman–Crippen LogP) is 3.55. The van der Waals surface area contributed by atoms with Crippen molar-refractivity contribution in [2.75, 3.05) is 29.7 Å². The number of nitrogens with one attached hydrogen (secondary N) is 2. The topological polar surface area (TPSA) is 88.6 Å². The molecule has 182 valence electrons. The predicted molar refractivity (Wildman–Crippen MR) is 119 cm³/mol. The van der Waals surface area contributed by atoms with Crippen molar-refractivity contribution in [3.05, 3.63) is 35.3 Å². The van der Waals surface area contributed by atoms with Crippen molar-refractivity contribution in [1.82, 2.24) is 9.97 Å². The second-order valence-corrected chi connectivity index (χ2v) is 9.21. The van der Waals surface area contributed by atoms with E-state index in [0.717, 1.165) is 31.4 Å². The number of ether oxygens (including phenoxy) is 2. The van der Waals surface area contributed by atoms with Crippen LogP contribution in [0.5, 0.6) is 5.75 Å². The molecule has 0 radical (unpaired) electrons. The first-order chi connectivity index (χ1) is 16.2. The summed E-state index contributed by atoms with van der Waals surface area (Å²) in [4.78, 5) is 23.9.